The van der Waals surface area contributed by atoms with Crippen molar-refractivity contribution in [2.45, 2.75) is 60.0 Å². The van der Waals surface area contributed by atoms with Crippen LogP contribution in [0.2, 0.25) is 0 Å². The van der Waals surface area contributed by atoms with Crippen LogP contribution in [-0.2, 0) is 13.0 Å². The molecule has 0 aliphatic rings. The van der Waals surface area contributed by atoms with Crippen LogP contribution in [0.25, 0.3) is 0 Å². The van der Waals surface area contributed by atoms with Gasteiger partial charge in [0.05, 0.1) is 11.7 Å². The van der Waals surface area contributed by atoms with Crippen LogP contribution >= 0.6 is 0 Å². The van der Waals surface area contributed by atoms with E-state index in [0.29, 0.717) is 5.69 Å². The molecule has 22 heavy (non-hydrogen) atoms. The molecule has 2 aromatic heterocycles. The van der Waals surface area contributed by atoms with E-state index in [-0.39, 0.29) is 11.9 Å². The molecule has 120 valence electrons. The Labute approximate surface area is 130 Å². The van der Waals surface area contributed by atoms with Gasteiger partial charge in [0.25, 0.3) is 5.91 Å². The van der Waals surface area contributed by atoms with Gasteiger partial charge in [-0.3, -0.25) is 9.48 Å². The highest BCUT2D eigenvalue weighted by molar-refractivity contribution is 5.92. The number of hydrogen-bond acceptors (Lipinski definition) is 4. The van der Waals surface area contributed by atoms with Crippen LogP contribution in [0.15, 0.2) is 10.6 Å². The van der Waals surface area contributed by atoms with Gasteiger partial charge in [-0.2, -0.15) is 5.10 Å². The van der Waals surface area contributed by atoms with Gasteiger partial charge in [0.15, 0.2) is 5.69 Å². The molecular weight excluding hydrogens is 280 g/mol. The normalized spacial score (nSPS) is 12.4. The van der Waals surface area contributed by atoms with E-state index in [1.165, 1.54) is 0 Å². The third kappa shape index (κ3) is 3.21. The molecule has 6 nitrogen and oxygen atoms in total. The van der Waals surface area contributed by atoms with E-state index in [0.717, 1.165) is 42.1 Å². The maximum Gasteiger partial charge on any atom is 0.273 e. The van der Waals surface area contributed by atoms with Crippen molar-refractivity contribution in [3.05, 3.63) is 34.5 Å². The molecule has 1 amide bonds. The highest BCUT2D eigenvalue weighted by Gasteiger charge is 2.21. The van der Waals surface area contributed by atoms with Gasteiger partial charge in [-0.25, -0.2) is 0 Å². The summed E-state index contributed by atoms with van der Waals surface area (Å²) in [5, 5.41) is 11.3. The third-order valence-electron chi connectivity index (χ3n) is 3.81. The highest BCUT2D eigenvalue weighted by Crippen LogP contribution is 2.21. The van der Waals surface area contributed by atoms with Crippen LogP contribution in [0.3, 0.4) is 0 Å². The Kier molecular flexibility index (Phi) is 5.00. The van der Waals surface area contributed by atoms with Crippen molar-refractivity contribution in [2.24, 2.45) is 0 Å². The molecule has 2 heterocycles. The third-order valence-corrected chi connectivity index (χ3v) is 3.81. The van der Waals surface area contributed by atoms with E-state index >= 15 is 0 Å². The largest absolute Gasteiger partial charge is 0.361 e. The number of nitrogens with zero attached hydrogens (tertiary/aromatic N) is 3. The Hall–Kier alpha value is -2.11. The summed E-state index contributed by atoms with van der Waals surface area (Å²) in [6.45, 7) is 10.9. The van der Waals surface area contributed by atoms with Gasteiger partial charge in [-0.15, -0.1) is 0 Å². The molecule has 6 heteroatoms. The maximum atomic E-state index is 12.3. The Morgan fingerprint density at radius 1 is 1.41 bits per heavy atom. The molecule has 0 fully saturated rings. The molecule has 0 saturated heterocycles. The van der Waals surface area contributed by atoms with Crippen LogP contribution in [0.5, 0.6) is 0 Å². The van der Waals surface area contributed by atoms with Gasteiger partial charge < -0.3 is 9.84 Å². The lowest BCUT2D eigenvalue weighted by atomic mass is 10.1. The zero-order chi connectivity index (χ0) is 16.3. The molecule has 0 saturated carbocycles. The van der Waals surface area contributed by atoms with Crippen LogP contribution in [-0.4, -0.2) is 20.8 Å². The average molecular weight is 304 g/mol. The SMILES string of the molecule is CCCc1cc(C(=O)N[C@@H](C)c2c(C)nn(CC)c2C)no1. The minimum absolute atomic E-state index is 0.126. The smallest absolute Gasteiger partial charge is 0.273 e. The summed E-state index contributed by atoms with van der Waals surface area (Å²) in [4.78, 5) is 12.3. The highest BCUT2D eigenvalue weighted by atomic mass is 16.5. The number of carbonyl (C=O) groups excluding carboxylic acids is 1. The number of nitrogens with one attached hydrogen (secondary N) is 1. The molecule has 0 bridgehead atoms. The van der Waals surface area contributed by atoms with Gasteiger partial charge in [0.2, 0.25) is 0 Å². The monoisotopic (exact) mass is 304 g/mol. The van der Waals surface area contributed by atoms with E-state index in [9.17, 15) is 4.79 Å². The Balaban J connectivity index is 2.12. The molecule has 0 unspecified atom stereocenters. The van der Waals surface area contributed by atoms with E-state index < -0.39 is 0 Å². The molecule has 2 aromatic rings. The van der Waals surface area contributed by atoms with Crippen LogP contribution in [0.4, 0.5) is 0 Å². The second kappa shape index (κ2) is 6.77. The molecule has 0 aliphatic heterocycles. The molecule has 0 radical (unpaired) electrons. The van der Waals surface area contributed by atoms with Crippen molar-refractivity contribution in [1.82, 2.24) is 20.3 Å². The Morgan fingerprint density at radius 2 is 2.14 bits per heavy atom. The summed E-state index contributed by atoms with van der Waals surface area (Å²) in [7, 11) is 0. The molecule has 2 rings (SSSR count). The molecular formula is C16H24N4O2. The van der Waals surface area contributed by atoms with Crippen LogP contribution < -0.4 is 5.32 Å². The van der Waals surface area contributed by atoms with Crippen LogP contribution in [0.1, 0.15) is 66.4 Å². The first kappa shape index (κ1) is 16.3. The average Bonchev–Trinajstić information content (AvgIpc) is 3.04. The fourth-order valence-corrected chi connectivity index (χ4v) is 2.77. The molecule has 0 spiro atoms. The van der Waals surface area contributed by atoms with Crippen molar-refractivity contribution in [3.8, 4) is 0 Å². The summed E-state index contributed by atoms with van der Waals surface area (Å²) >= 11 is 0. The number of aromatic nitrogens is 3. The molecule has 0 aromatic carbocycles. The topological polar surface area (TPSA) is 73.0 Å². The minimum Gasteiger partial charge on any atom is -0.361 e. The fourth-order valence-electron chi connectivity index (χ4n) is 2.77. The standard InChI is InChI=1S/C16H24N4O2/c1-6-8-13-9-14(19-22-13)16(21)17-10(3)15-11(4)18-20(7-2)12(15)5/h9-10H,6-8H2,1-5H3,(H,17,21)/t10-/m0/s1. The Bertz CT molecular complexity index is 657. The second-order valence-electron chi connectivity index (χ2n) is 5.52. The predicted molar refractivity (Wildman–Crippen MR) is 83.8 cm³/mol. The van der Waals surface area contributed by atoms with E-state index in [2.05, 4.69) is 29.4 Å². The van der Waals surface area contributed by atoms with Crippen molar-refractivity contribution in [2.75, 3.05) is 0 Å². The number of hydrogen-bond donors (Lipinski definition) is 1. The lowest BCUT2D eigenvalue weighted by Gasteiger charge is -2.14. The zero-order valence-corrected chi connectivity index (χ0v) is 13.9. The number of aryl methyl sites for hydroxylation is 3. The number of amides is 1. The maximum absolute atomic E-state index is 12.3. The Morgan fingerprint density at radius 3 is 2.73 bits per heavy atom. The quantitative estimate of drug-likeness (QED) is 0.890. The van der Waals surface area contributed by atoms with Gasteiger partial charge in [0.1, 0.15) is 5.76 Å². The number of carbonyl (C=O) groups is 1. The first-order valence-electron chi connectivity index (χ1n) is 7.78. The molecule has 1 N–H and O–H groups in total. The lowest BCUT2D eigenvalue weighted by molar-refractivity contribution is 0.0930. The zero-order valence-electron chi connectivity index (χ0n) is 13.9. The lowest BCUT2D eigenvalue weighted by Crippen LogP contribution is -2.27. The minimum atomic E-state index is -0.221. The summed E-state index contributed by atoms with van der Waals surface area (Å²) in [5.74, 6) is 0.521. The predicted octanol–water partition coefficient (Wildman–Crippen LogP) is 2.95. The van der Waals surface area contributed by atoms with Gasteiger partial charge in [0, 0.05) is 30.3 Å². The second-order valence-corrected chi connectivity index (χ2v) is 5.52. The molecule has 1 atom stereocenters. The summed E-state index contributed by atoms with van der Waals surface area (Å²) in [5.41, 5.74) is 3.42. The van der Waals surface area contributed by atoms with Gasteiger partial charge in [-0.1, -0.05) is 12.1 Å². The van der Waals surface area contributed by atoms with Crippen molar-refractivity contribution in [1.29, 1.82) is 0 Å². The van der Waals surface area contributed by atoms with E-state index in [4.69, 9.17) is 4.52 Å². The summed E-state index contributed by atoms with van der Waals surface area (Å²) in [6.07, 6.45) is 1.75. The van der Waals surface area contributed by atoms with Gasteiger partial charge in [-0.05, 0) is 34.1 Å². The van der Waals surface area contributed by atoms with Crippen molar-refractivity contribution < 1.29 is 9.32 Å². The summed E-state index contributed by atoms with van der Waals surface area (Å²) < 4.78 is 7.10. The van der Waals surface area contributed by atoms with Crippen molar-refractivity contribution in [3.63, 3.8) is 0 Å². The first-order valence-corrected chi connectivity index (χ1v) is 7.78. The number of rotatable bonds is 6. The van der Waals surface area contributed by atoms with Gasteiger partial charge >= 0.3 is 0 Å². The summed E-state index contributed by atoms with van der Waals surface area (Å²) in [6, 6.07) is 1.58. The fraction of sp³-hybridized carbons (Fsp3) is 0.562. The van der Waals surface area contributed by atoms with Crippen LogP contribution in [0, 0.1) is 13.8 Å². The van der Waals surface area contributed by atoms with E-state index in [1.54, 1.807) is 6.07 Å². The first-order chi connectivity index (χ1) is 10.5. The van der Waals surface area contributed by atoms with E-state index in [1.807, 2.05) is 25.5 Å². The van der Waals surface area contributed by atoms with Crippen molar-refractivity contribution >= 4 is 5.91 Å². The molecule has 0 aliphatic carbocycles.